The zero-order valence-electron chi connectivity index (χ0n) is 8.22. The molecule has 0 heterocycles. The van der Waals surface area contributed by atoms with Crippen molar-refractivity contribution < 1.29 is 9.53 Å². The topological polar surface area (TPSA) is 38.3 Å². The second-order valence-electron chi connectivity index (χ2n) is 3.27. The van der Waals surface area contributed by atoms with E-state index in [4.69, 9.17) is 4.74 Å². The predicted molar refractivity (Wildman–Crippen MR) is 49.1 cm³/mol. The fraction of sp³-hybridized carbons (Fsp3) is 0.889. The molecular formula is C9H19NO2. The second kappa shape index (κ2) is 6.95. The fourth-order valence-corrected chi connectivity index (χ4v) is 0.661. The van der Waals surface area contributed by atoms with Crippen LogP contribution in [-0.2, 0) is 4.74 Å². The SMILES string of the molecule is CCCCNC(=O)OCC(C)C. The van der Waals surface area contributed by atoms with Crippen molar-refractivity contribution in [1.82, 2.24) is 5.32 Å². The molecule has 0 aromatic carbocycles. The van der Waals surface area contributed by atoms with Crippen molar-refractivity contribution >= 4 is 6.09 Å². The minimum absolute atomic E-state index is 0.294. The first kappa shape index (κ1) is 11.3. The third-order valence-electron chi connectivity index (χ3n) is 1.35. The first-order valence-electron chi connectivity index (χ1n) is 4.57. The van der Waals surface area contributed by atoms with E-state index in [1.807, 2.05) is 13.8 Å². The second-order valence-corrected chi connectivity index (χ2v) is 3.27. The van der Waals surface area contributed by atoms with Crippen LogP contribution in [0.5, 0.6) is 0 Å². The van der Waals surface area contributed by atoms with Gasteiger partial charge in [-0.15, -0.1) is 0 Å². The number of amides is 1. The van der Waals surface area contributed by atoms with E-state index in [1.165, 1.54) is 0 Å². The van der Waals surface area contributed by atoms with E-state index >= 15 is 0 Å². The molecule has 0 aliphatic rings. The van der Waals surface area contributed by atoms with Crippen molar-refractivity contribution in [2.45, 2.75) is 33.6 Å². The maximum absolute atomic E-state index is 10.9. The van der Waals surface area contributed by atoms with E-state index in [0.29, 0.717) is 19.1 Å². The van der Waals surface area contributed by atoms with Crippen LogP contribution in [0, 0.1) is 5.92 Å². The monoisotopic (exact) mass is 173 g/mol. The summed E-state index contributed by atoms with van der Waals surface area (Å²) < 4.78 is 4.90. The van der Waals surface area contributed by atoms with E-state index in [2.05, 4.69) is 12.2 Å². The van der Waals surface area contributed by atoms with Gasteiger partial charge in [0.05, 0.1) is 6.61 Å². The van der Waals surface area contributed by atoms with Gasteiger partial charge in [0.25, 0.3) is 0 Å². The number of hydrogen-bond donors (Lipinski definition) is 1. The molecule has 0 spiro atoms. The van der Waals surface area contributed by atoms with Crippen molar-refractivity contribution in [1.29, 1.82) is 0 Å². The van der Waals surface area contributed by atoms with Crippen LogP contribution in [0.15, 0.2) is 0 Å². The highest BCUT2D eigenvalue weighted by molar-refractivity contribution is 5.66. The van der Waals surface area contributed by atoms with Crippen LogP contribution >= 0.6 is 0 Å². The number of rotatable bonds is 5. The molecule has 0 aromatic rings. The Balaban J connectivity index is 3.22. The minimum Gasteiger partial charge on any atom is -0.449 e. The Morgan fingerprint density at radius 3 is 2.67 bits per heavy atom. The summed E-state index contributed by atoms with van der Waals surface area (Å²) in [6.45, 7) is 7.32. The van der Waals surface area contributed by atoms with Gasteiger partial charge in [-0.25, -0.2) is 4.79 Å². The number of ether oxygens (including phenoxy) is 1. The average molecular weight is 173 g/mol. The zero-order valence-corrected chi connectivity index (χ0v) is 8.22. The lowest BCUT2D eigenvalue weighted by Gasteiger charge is -2.07. The van der Waals surface area contributed by atoms with Crippen LogP contribution < -0.4 is 5.32 Å². The van der Waals surface area contributed by atoms with Crippen molar-refractivity contribution in [2.75, 3.05) is 13.2 Å². The van der Waals surface area contributed by atoms with Crippen molar-refractivity contribution in [3.63, 3.8) is 0 Å². The quantitative estimate of drug-likeness (QED) is 0.647. The standard InChI is InChI=1S/C9H19NO2/c1-4-5-6-10-9(11)12-7-8(2)3/h8H,4-7H2,1-3H3,(H,10,11). The van der Waals surface area contributed by atoms with Crippen molar-refractivity contribution in [2.24, 2.45) is 5.92 Å². The molecule has 1 amide bonds. The Labute approximate surface area is 74.5 Å². The normalized spacial score (nSPS) is 10.0. The molecule has 0 radical (unpaired) electrons. The number of carbonyl (C=O) groups is 1. The molecule has 0 bridgehead atoms. The molecule has 1 N–H and O–H groups in total. The summed E-state index contributed by atoms with van der Waals surface area (Å²) in [6.07, 6.45) is 1.80. The van der Waals surface area contributed by atoms with Gasteiger partial charge in [-0.2, -0.15) is 0 Å². The number of alkyl carbamates (subject to hydrolysis) is 1. The lowest BCUT2D eigenvalue weighted by atomic mass is 10.2. The van der Waals surface area contributed by atoms with E-state index in [9.17, 15) is 4.79 Å². The molecule has 0 rings (SSSR count). The molecule has 0 fully saturated rings. The Kier molecular flexibility index (Phi) is 6.53. The van der Waals surface area contributed by atoms with Gasteiger partial charge in [0.15, 0.2) is 0 Å². The molecule has 0 aliphatic carbocycles. The Morgan fingerprint density at radius 2 is 2.17 bits per heavy atom. The smallest absolute Gasteiger partial charge is 0.407 e. The maximum atomic E-state index is 10.9. The van der Waals surface area contributed by atoms with Crippen LogP contribution in [0.2, 0.25) is 0 Å². The lowest BCUT2D eigenvalue weighted by molar-refractivity contribution is 0.133. The molecular weight excluding hydrogens is 154 g/mol. The molecule has 72 valence electrons. The van der Waals surface area contributed by atoms with Crippen molar-refractivity contribution in [3.05, 3.63) is 0 Å². The minimum atomic E-state index is -0.294. The summed E-state index contributed by atoms with van der Waals surface area (Å²) in [5, 5.41) is 2.68. The number of unbranched alkanes of at least 4 members (excludes halogenated alkanes) is 1. The summed E-state index contributed by atoms with van der Waals surface area (Å²) in [7, 11) is 0. The molecule has 0 saturated heterocycles. The molecule has 12 heavy (non-hydrogen) atoms. The average Bonchev–Trinajstić information content (AvgIpc) is 2.01. The highest BCUT2D eigenvalue weighted by Crippen LogP contribution is 1.92. The molecule has 0 aliphatic heterocycles. The first-order valence-corrected chi connectivity index (χ1v) is 4.57. The van der Waals surface area contributed by atoms with Gasteiger partial charge < -0.3 is 10.1 Å². The van der Waals surface area contributed by atoms with Gasteiger partial charge in [0.1, 0.15) is 0 Å². The lowest BCUT2D eigenvalue weighted by Crippen LogP contribution is -2.26. The van der Waals surface area contributed by atoms with Crippen molar-refractivity contribution in [3.8, 4) is 0 Å². The van der Waals surface area contributed by atoms with Crippen LogP contribution in [-0.4, -0.2) is 19.2 Å². The molecule has 3 heteroatoms. The van der Waals surface area contributed by atoms with Crippen LogP contribution in [0.4, 0.5) is 4.79 Å². The van der Waals surface area contributed by atoms with Gasteiger partial charge in [0.2, 0.25) is 0 Å². The zero-order chi connectivity index (χ0) is 9.40. The molecule has 0 saturated carbocycles. The molecule has 0 aromatic heterocycles. The highest BCUT2D eigenvalue weighted by Gasteiger charge is 2.01. The van der Waals surface area contributed by atoms with E-state index in [1.54, 1.807) is 0 Å². The van der Waals surface area contributed by atoms with Gasteiger partial charge in [-0.3, -0.25) is 0 Å². The van der Waals surface area contributed by atoms with Crippen LogP contribution in [0.3, 0.4) is 0 Å². The summed E-state index contributed by atoms with van der Waals surface area (Å²) in [6, 6.07) is 0. The predicted octanol–water partition coefficient (Wildman–Crippen LogP) is 2.17. The largest absolute Gasteiger partial charge is 0.449 e. The molecule has 0 atom stereocenters. The van der Waals surface area contributed by atoms with E-state index < -0.39 is 0 Å². The number of carbonyl (C=O) groups excluding carboxylic acids is 1. The summed E-state index contributed by atoms with van der Waals surface area (Å²) in [4.78, 5) is 10.9. The molecule has 0 unspecified atom stereocenters. The summed E-state index contributed by atoms with van der Waals surface area (Å²) in [5.74, 6) is 0.405. The Morgan fingerprint density at radius 1 is 1.50 bits per heavy atom. The number of hydrogen-bond acceptors (Lipinski definition) is 2. The summed E-state index contributed by atoms with van der Waals surface area (Å²) in [5.41, 5.74) is 0. The van der Waals surface area contributed by atoms with Crippen LogP contribution in [0.1, 0.15) is 33.6 Å². The third-order valence-corrected chi connectivity index (χ3v) is 1.35. The van der Waals surface area contributed by atoms with Gasteiger partial charge in [0, 0.05) is 6.54 Å². The Bertz CT molecular complexity index is 124. The maximum Gasteiger partial charge on any atom is 0.407 e. The first-order chi connectivity index (χ1) is 5.66. The van der Waals surface area contributed by atoms with Gasteiger partial charge in [-0.05, 0) is 12.3 Å². The third kappa shape index (κ3) is 7.38. The Hall–Kier alpha value is -0.730. The fourth-order valence-electron chi connectivity index (χ4n) is 0.661. The van der Waals surface area contributed by atoms with Gasteiger partial charge in [-0.1, -0.05) is 27.2 Å². The van der Waals surface area contributed by atoms with Crippen LogP contribution in [0.25, 0.3) is 0 Å². The number of nitrogens with one attached hydrogen (secondary N) is 1. The molecule has 3 nitrogen and oxygen atoms in total. The highest BCUT2D eigenvalue weighted by atomic mass is 16.5. The van der Waals surface area contributed by atoms with E-state index in [0.717, 1.165) is 12.8 Å². The summed E-state index contributed by atoms with van der Waals surface area (Å²) >= 11 is 0. The van der Waals surface area contributed by atoms with Gasteiger partial charge >= 0.3 is 6.09 Å². The van der Waals surface area contributed by atoms with E-state index in [-0.39, 0.29) is 6.09 Å².